The quantitative estimate of drug-likeness (QED) is 0.337. The van der Waals surface area contributed by atoms with E-state index in [2.05, 4.69) is 76.5 Å². The lowest BCUT2D eigenvalue weighted by Gasteiger charge is -2.04. The number of rotatable bonds is 8. The van der Waals surface area contributed by atoms with Gasteiger partial charge in [0.25, 0.3) is 0 Å². The van der Waals surface area contributed by atoms with Crippen LogP contribution in [0.5, 0.6) is 0 Å². The van der Waals surface area contributed by atoms with Gasteiger partial charge in [0.1, 0.15) is 0 Å². The molecule has 114 valence electrons. The first-order valence-electron chi connectivity index (χ1n) is 7.87. The lowest BCUT2D eigenvalue weighted by molar-refractivity contribution is 0.958. The minimum Gasteiger partial charge on any atom is -0.114 e. The average molecular weight is 282 g/mol. The summed E-state index contributed by atoms with van der Waals surface area (Å²) < 4.78 is 0. The number of unbranched alkanes of at least 4 members (excludes halogenated alkanes) is 1. The molecule has 0 unspecified atom stereocenters. The molecule has 0 saturated carbocycles. The first kappa shape index (κ1) is 19.2. The number of allylic oxidation sites excluding steroid dienone is 10. The van der Waals surface area contributed by atoms with Crippen molar-refractivity contribution in [2.75, 3.05) is 0 Å². The zero-order chi connectivity index (χ0) is 16.1. The zero-order valence-corrected chi connectivity index (χ0v) is 14.4. The third-order valence-electron chi connectivity index (χ3n) is 2.86. The average Bonchev–Trinajstić information content (AvgIpc) is 2.45. The lowest BCUT2D eigenvalue weighted by atomic mass is 10.0. The molecule has 0 fully saturated rings. The van der Waals surface area contributed by atoms with E-state index in [1.54, 1.807) is 0 Å². The van der Waals surface area contributed by atoms with Gasteiger partial charge in [-0.05, 0) is 56.4 Å². The van der Waals surface area contributed by atoms with Crippen LogP contribution in [-0.2, 0) is 0 Å². The molecule has 0 aromatic rings. The predicted octanol–water partition coefficient (Wildman–Crippen LogP) is 6.86. The molecule has 0 rings (SSSR count). The normalized spacial score (nSPS) is 12.8. The van der Waals surface area contributed by atoms with Gasteiger partial charge in [0.2, 0.25) is 0 Å². The summed E-state index contributed by atoms with van der Waals surface area (Å²) in [7, 11) is 0. The molecule has 0 aliphatic rings. The molecule has 0 heterocycles. The van der Waals surface area contributed by atoms with Crippen LogP contribution in [0.2, 0.25) is 0 Å². The summed E-state index contributed by atoms with van der Waals surface area (Å²) in [4.78, 5) is 0. The van der Waals surface area contributed by atoms with E-state index in [1.807, 2.05) is 13.0 Å². The number of hydrogen-bond donors (Lipinski definition) is 0. The third-order valence-corrected chi connectivity index (χ3v) is 2.86. The molecular weight excluding hydrogens is 252 g/mol. The van der Waals surface area contributed by atoms with E-state index >= 15 is 0 Å². The molecule has 21 heavy (non-hydrogen) atoms. The van der Waals surface area contributed by atoms with Crippen LogP contribution in [0.4, 0.5) is 0 Å². The molecule has 0 N–H and O–H groups in total. The molecule has 0 atom stereocenters. The highest BCUT2D eigenvalue weighted by molar-refractivity contribution is 5.50. The van der Waals surface area contributed by atoms with Crippen molar-refractivity contribution in [3.8, 4) is 0 Å². The zero-order valence-electron chi connectivity index (χ0n) is 14.4. The van der Waals surface area contributed by atoms with Gasteiger partial charge < -0.3 is 0 Å². The second-order valence-corrected chi connectivity index (χ2v) is 5.13. The van der Waals surface area contributed by atoms with Crippen molar-refractivity contribution in [3.05, 3.63) is 77.1 Å². The molecule has 0 radical (unpaired) electrons. The summed E-state index contributed by atoms with van der Waals surface area (Å²) in [6.07, 6.45) is 18.2. The van der Waals surface area contributed by atoms with Crippen LogP contribution in [0, 0.1) is 0 Å². The van der Waals surface area contributed by atoms with Crippen LogP contribution in [0.15, 0.2) is 77.1 Å². The van der Waals surface area contributed by atoms with E-state index < -0.39 is 0 Å². The van der Waals surface area contributed by atoms with Gasteiger partial charge >= 0.3 is 0 Å². The largest absolute Gasteiger partial charge is 0.114 e. The van der Waals surface area contributed by atoms with Gasteiger partial charge in [-0.25, -0.2) is 0 Å². The first-order valence-corrected chi connectivity index (χ1v) is 7.87. The maximum absolute atomic E-state index is 3.91. The summed E-state index contributed by atoms with van der Waals surface area (Å²) in [6.45, 7) is 14.4. The summed E-state index contributed by atoms with van der Waals surface area (Å²) in [6, 6.07) is 0. The molecular formula is C21H30. The second-order valence-electron chi connectivity index (χ2n) is 5.13. The van der Waals surface area contributed by atoms with Crippen molar-refractivity contribution in [2.45, 2.75) is 53.9 Å². The van der Waals surface area contributed by atoms with Crippen molar-refractivity contribution in [1.82, 2.24) is 0 Å². The highest BCUT2D eigenvalue weighted by Crippen LogP contribution is 2.17. The van der Waals surface area contributed by atoms with Crippen molar-refractivity contribution >= 4 is 0 Å². The molecule has 0 spiro atoms. The van der Waals surface area contributed by atoms with E-state index in [9.17, 15) is 0 Å². The van der Waals surface area contributed by atoms with Crippen molar-refractivity contribution in [3.63, 3.8) is 0 Å². The Balaban J connectivity index is 5.78. The smallest absolute Gasteiger partial charge is 0.0166 e. The Hall–Kier alpha value is -1.78. The van der Waals surface area contributed by atoms with Crippen molar-refractivity contribution < 1.29 is 0 Å². The Morgan fingerprint density at radius 1 is 1.05 bits per heavy atom. The van der Waals surface area contributed by atoms with Gasteiger partial charge in [0.15, 0.2) is 0 Å². The SMILES string of the molecule is C=CC(=CC)C(C=CCC)=CC(=C=C(C)C)C=CCCC. The fraction of sp³-hybridized carbons (Fsp3) is 0.381. The Morgan fingerprint density at radius 3 is 2.24 bits per heavy atom. The Bertz CT molecular complexity index is 494. The van der Waals surface area contributed by atoms with Crippen LogP contribution in [0.25, 0.3) is 0 Å². The lowest BCUT2D eigenvalue weighted by Crippen LogP contribution is -1.85. The summed E-state index contributed by atoms with van der Waals surface area (Å²) in [5.41, 5.74) is 8.05. The topological polar surface area (TPSA) is 0 Å². The minimum absolute atomic E-state index is 1.03. The van der Waals surface area contributed by atoms with Gasteiger partial charge in [0, 0.05) is 5.57 Å². The summed E-state index contributed by atoms with van der Waals surface area (Å²) in [5.74, 6) is 0. The van der Waals surface area contributed by atoms with Crippen LogP contribution in [0.1, 0.15) is 53.9 Å². The maximum Gasteiger partial charge on any atom is 0.0166 e. The van der Waals surface area contributed by atoms with Crippen LogP contribution in [-0.4, -0.2) is 0 Å². The minimum atomic E-state index is 1.03. The molecule has 0 amide bonds. The number of hydrogen-bond acceptors (Lipinski definition) is 0. The second kappa shape index (κ2) is 12.0. The first-order chi connectivity index (χ1) is 10.1. The predicted molar refractivity (Wildman–Crippen MR) is 97.4 cm³/mol. The molecule has 0 bridgehead atoms. The molecule has 0 heteroatoms. The van der Waals surface area contributed by atoms with E-state index in [-0.39, 0.29) is 0 Å². The molecule has 0 aromatic heterocycles. The van der Waals surface area contributed by atoms with E-state index in [0.29, 0.717) is 0 Å². The van der Waals surface area contributed by atoms with Gasteiger partial charge in [-0.1, -0.05) is 63.3 Å². The van der Waals surface area contributed by atoms with Crippen LogP contribution < -0.4 is 0 Å². The third kappa shape index (κ3) is 8.89. The monoisotopic (exact) mass is 282 g/mol. The maximum atomic E-state index is 3.91. The van der Waals surface area contributed by atoms with Crippen molar-refractivity contribution in [2.24, 2.45) is 0 Å². The standard InChI is InChI=1S/C21H30/c1-7-11-13-14-19(16-18(5)6)17-21(15-12-8-2)20(9-3)10-4/h9-10,12-15,17H,3,7-8,11H2,1-2,4-6H3. The fourth-order valence-corrected chi connectivity index (χ4v) is 1.83. The van der Waals surface area contributed by atoms with Crippen LogP contribution >= 0.6 is 0 Å². The highest BCUT2D eigenvalue weighted by atomic mass is 14.0. The molecule has 0 nitrogen and oxygen atoms in total. The molecule has 0 aliphatic heterocycles. The van der Waals surface area contributed by atoms with Crippen molar-refractivity contribution in [1.29, 1.82) is 0 Å². The van der Waals surface area contributed by atoms with E-state index in [1.165, 1.54) is 11.1 Å². The molecule has 0 aliphatic carbocycles. The molecule has 0 saturated heterocycles. The summed E-state index contributed by atoms with van der Waals surface area (Å²) in [5, 5.41) is 0. The summed E-state index contributed by atoms with van der Waals surface area (Å²) >= 11 is 0. The van der Waals surface area contributed by atoms with Gasteiger partial charge in [-0.3, -0.25) is 0 Å². The van der Waals surface area contributed by atoms with E-state index in [4.69, 9.17) is 0 Å². The Morgan fingerprint density at radius 2 is 1.76 bits per heavy atom. The highest BCUT2D eigenvalue weighted by Gasteiger charge is 1.98. The van der Waals surface area contributed by atoms with Crippen LogP contribution in [0.3, 0.4) is 0 Å². The fourth-order valence-electron chi connectivity index (χ4n) is 1.83. The van der Waals surface area contributed by atoms with Gasteiger partial charge in [0.05, 0.1) is 0 Å². The Labute approximate surface area is 131 Å². The molecule has 0 aromatic carbocycles. The Kier molecular flexibility index (Phi) is 11.0. The van der Waals surface area contributed by atoms with E-state index in [0.717, 1.165) is 30.4 Å². The van der Waals surface area contributed by atoms with Gasteiger partial charge in [-0.2, -0.15) is 0 Å². The van der Waals surface area contributed by atoms with Gasteiger partial charge in [-0.15, -0.1) is 5.73 Å².